The van der Waals surface area contributed by atoms with E-state index in [1.165, 1.54) is 12.1 Å². The second-order valence-electron chi connectivity index (χ2n) is 5.90. The zero-order chi connectivity index (χ0) is 17.3. The van der Waals surface area contributed by atoms with Gasteiger partial charge in [0, 0.05) is 16.5 Å². The van der Waals surface area contributed by atoms with E-state index in [1.54, 1.807) is 0 Å². The van der Waals surface area contributed by atoms with Crippen LogP contribution in [0.15, 0.2) is 51.9 Å². The minimum Gasteiger partial charge on any atom is -0.252 e. The van der Waals surface area contributed by atoms with E-state index in [-0.39, 0.29) is 11.7 Å². The van der Waals surface area contributed by atoms with Gasteiger partial charge in [0.15, 0.2) is 0 Å². The summed E-state index contributed by atoms with van der Waals surface area (Å²) < 4.78 is 14.2. The Hall–Kier alpha value is -1.52. The van der Waals surface area contributed by atoms with Crippen LogP contribution in [-0.2, 0) is 0 Å². The second kappa shape index (κ2) is 7.16. The lowest BCUT2D eigenvalue weighted by atomic mass is 9.91. The fourth-order valence-corrected chi connectivity index (χ4v) is 3.33. The van der Waals surface area contributed by atoms with E-state index in [4.69, 9.17) is 4.98 Å². The molecular formula is C20H16Br2FN. The average Bonchev–Trinajstić information content (AvgIpc) is 2.54. The number of benzene rings is 2. The third kappa shape index (κ3) is 3.45. The molecule has 24 heavy (non-hydrogen) atoms. The first-order chi connectivity index (χ1) is 11.5. The Morgan fingerprint density at radius 1 is 1.04 bits per heavy atom. The Labute approximate surface area is 157 Å². The van der Waals surface area contributed by atoms with Crippen molar-refractivity contribution in [3.63, 3.8) is 0 Å². The molecule has 0 aliphatic carbocycles. The van der Waals surface area contributed by atoms with E-state index in [1.807, 2.05) is 36.4 Å². The molecule has 0 aliphatic heterocycles. The van der Waals surface area contributed by atoms with Crippen LogP contribution in [0, 0.1) is 5.82 Å². The summed E-state index contributed by atoms with van der Waals surface area (Å²) in [6.45, 7) is 4.26. The van der Waals surface area contributed by atoms with E-state index in [2.05, 4.69) is 51.8 Å². The summed E-state index contributed by atoms with van der Waals surface area (Å²) in [4.78, 5) is 4.87. The number of hydrogen-bond acceptors (Lipinski definition) is 1. The monoisotopic (exact) mass is 447 g/mol. The van der Waals surface area contributed by atoms with Crippen LogP contribution in [0.4, 0.5) is 4.39 Å². The van der Waals surface area contributed by atoms with Crippen LogP contribution in [0.1, 0.15) is 31.0 Å². The molecule has 0 saturated heterocycles. The molecule has 0 amide bonds. The SMILES string of the molecule is CC(C)c1nc2ccccc2c(-c2ccc(F)cc2)c1C=C(Br)Br. The number of aromatic nitrogens is 1. The van der Waals surface area contributed by atoms with E-state index in [9.17, 15) is 4.39 Å². The lowest BCUT2D eigenvalue weighted by molar-refractivity contribution is 0.628. The minimum atomic E-state index is -0.236. The topological polar surface area (TPSA) is 12.9 Å². The van der Waals surface area contributed by atoms with Gasteiger partial charge in [0.05, 0.1) is 14.6 Å². The van der Waals surface area contributed by atoms with Gasteiger partial charge >= 0.3 is 0 Å². The third-order valence-corrected chi connectivity index (χ3v) is 4.35. The summed E-state index contributed by atoms with van der Waals surface area (Å²) in [5.41, 5.74) is 5.05. The number of pyridine rings is 1. The van der Waals surface area contributed by atoms with Crippen LogP contribution in [-0.4, -0.2) is 4.98 Å². The molecule has 3 rings (SSSR count). The van der Waals surface area contributed by atoms with Crippen molar-refractivity contribution < 1.29 is 4.39 Å². The molecule has 1 nitrogen and oxygen atoms in total. The maximum atomic E-state index is 13.4. The van der Waals surface area contributed by atoms with Crippen LogP contribution in [0.25, 0.3) is 28.1 Å². The van der Waals surface area contributed by atoms with Gasteiger partial charge < -0.3 is 0 Å². The maximum Gasteiger partial charge on any atom is 0.123 e. The van der Waals surface area contributed by atoms with Crippen molar-refractivity contribution >= 4 is 48.8 Å². The summed E-state index contributed by atoms with van der Waals surface area (Å²) in [7, 11) is 0. The number of fused-ring (bicyclic) bond motifs is 1. The molecule has 3 aromatic rings. The van der Waals surface area contributed by atoms with Gasteiger partial charge in [-0.2, -0.15) is 0 Å². The standard InChI is InChI=1S/C20H16Br2FN/c1-12(2)20-16(11-18(21)22)19(13-7-9-14(23)10-8-13)15-5-3-4-6-17(15)24-20/h3-12H,1-2H3. The van der Waals surface area contributed by atoms with Gasteiger partial charge in [-0.05, 0) is 67.6 Å². The lowest BCUT2D eigenvalue weighted by Gasteiger charge is -2.17. The van der Waals surface area contributed by atoms with Crippen LogP contribution >= 0.6 is 31.9 Å². The Kier molecular flexibility index (Phi) is 5.16. The van der Waals surface area contributed by atoms with Crippen LogP contribution < -0.4 is 0 Å². The highest BCUT2D eigenvalue weighted by Crippen LogP contribution is 2.38. The molecule has 0 aliphatic rings. The molecule has 4 heteroatoms. The summed E-state index contributed by atoms with van der Waals surface area (Å²) in [5.74, 6) is 0.0272. The normalized spacial score (nSPS) is 11.1. The van der Waals surface area contributed by atoms with Crippen molar-refractivity contribution in [2.75, 3.05) is 0 Å². The van der Waals surface area contributed by atoms with E-state index >= 15 is 0 Å². The molecule has 0 bridgehead atoms. The minimum absolute atomic E-state index is 0.236. The summed E-state index contributed by atoms with van der Waals surface area (Å²) in [6.07, 6.45) is 2.02. The summed E-state index contributed by atoms with van der Waals surface area (Å²) in [5, 5.41) is 1.06. The quantitative estimate of drug-likeness (QED) is 0.411. The van der Waals surface area contributed by atoms with Gasteiger partial charge in [0.2, 0.25) is 0 Å². The molecule has 0 N–H and O–H groups in total. The molecule has 0 atom stereocenters. The van der Waals surface area contributed by atoms with Crippen molar-refractivity contribution in [3.8, 4) is 11.1 Å². The highest BCUT2D eigenvalue weighted by atomic mass is 79.9. The molecule has 0 spiro atoms. The average molecular weight is 449 g/mol. The summed E-state index contributed by atoms with van der Waals surface area (Å²) in [6, 6.07) is 14.7. The van der Waals surface area contributed by atoms with Crippen molar-refractivity contribution in [3.05, 3.63) is 69.0 Å². The van der Waals surface area contributed by atoms with Gasteiger partial charge in [0.25, 0.3) is 0 Å². The van der Waals surface area contributed by atoms with Crippen LogP contribution in [0.3, 0.4) is 0 Å². The fraction of sp³-hybridized carbons (Fsp3) is 0.150. The molecule has 122 valence electrons. The van der Waals surface area contributed by atoms with Gasteiger partial charge in [-0.15, -0.1) is 0 Å². The number of para-hydroxylation sites is 1. The van der Waals surface area contributed by atoms with Gasteiger partial charge in [0.1, 0.15) is 5.82 Å². The zero-order valence-corrected chi connectivity index (χ0v) is 16.5. The van der Waals surface area contributed by atoms with Gasteiger partial charge in [-0.1, -0.05) is 44.2 Å². The molecule has 1 heterocycles. The highest BCUT2D eigenvalue weighted by Gasteiger charge is 2.17. The van der Waals surface area contributed by atoms with Crippen molar-refractivity contribution in [2.45, 2.75) is 19.8 Å². The Bertz CT molecular complexity index is 911. The molecule has 0 fully saturated rings. The van der Waals surface area contributed by atoms with E-state index in [0.29, 0.717) is 0 Å². The predicted octanol–water partition coefficient (Wildman–Crippen LogP) is 7.25. The first-order valence-electron chi connectivity index (χ1n) is 7.68. The molecular weight excluding hydrogens is 433 g/mol. The maximum absolute atomic E-state index is 13.4. The molecule has 0 saturated carbocycles. The molecule has 2 aromatic carbocycles. The fourth-order valence-electron chi connectivity index (χ4n) is 2.87. The number of hydrogen-bond donors (Lipinski definition) is 0. The lowest BCUT2D eigenvalue weighted by Crippen LogP contribution is -2.01. The van der Waals surface area contributed by atoms with Crippen molar-refractivity contribution in [2.24, 2.45) is 0 Å². The van der Waals surface area contributed by atoms with Crippen molar-refractivity contribution in [1.82, 2.24) is 4.98 Å². The first-order valence-corrected chi connectivity index (χ1v) is 9.27. The Balaban J connectivity index is 2.46. The highest BCUT2D eigenvalue weighted by molar-refractivity contribution is 9.28. The second-order valence-corrected chi connectivity index (χ2v) is 8.67. The smallest absolute Gasteiger partial charge is 0.123 e. The third-order valence-electron chi connectivity index (χ3n) is 3.89. The predicted molar refractivity (Wildman–Crippen MR) is 107 cm³/mol. The number of nitrogens with zero attached hydrogens (tertiary/aromatic N) is 1. The van der Waals surface area contributed by atoms with E-state index in [0.717, 1.165) is 36.7 Å². The van der Waals surface area contributed by atoms with E-state index < -0.39 is 0 Å². The van der Waals surface area contributed by atoms with Gasteiger partial charge in [-0.3, -0.25) is 4.98 Å². The molecule has 0 radical (unpaired) electrons. The van der Waals surface area contributed by atoms with Gasteiger partial charge in [-0.25, -0.2) is 4.39 Å². The zero-order valence-electron chi connectivity index (χ0n) is 13.4. The number of halogens is 3. The Morgan fingerprint density at radius 3 is 2.33 bits per heavy atom. The molecule has 1 aromatic heterocycles. The Morgan fingerprint density at radius 2 is 1.71 bits per heavy atom. The summed E-state index contributed by atoms with van der Waals surface area (Å²) >= 11 is 6.93. The first kappa shape index (κ1) is 17.3. The van der Waals surface area contributed by atoms with Crippen LogP contribution in [0.5, 0.6) is 0 Å². The largest absolute Gasteiger partial charge is 0.252 e. The van der Waals surface area contributed by atoms with Crippen LogP contribution in [0.2, 0.25) is 0 Å². The number of rotatable bonds is 3. The molecule has 0 unspecified atom stereocenters. The van der Waals surface area contributed by atoms with Crippen molar-refractivity contribution in [1.29, 1.82) is 0 Å².